The van der Waals surface area contributed by atoms with Gasteiger partial charge in [-0.1, -0.05) is 42.5 Å². The molecule has 1 aliphatic heterocycles. The average molecular weight is 326 g/mol. The van der Waals surface area contributed by atoms with E-state index in [-0.39, 0.29) is 6.04 Å². The maximum Gasteiger partial charge on any atom is 0.407 e. The van der Waals surface area contributed by atoms with Crippen molar-refractivity contribution in [1.82, 2.24) is 4.90 Å². The Morgan fingerprint density at radius 3 is 2.42 bits per heavy atom. The fourth-order valence-electron chi connectivity index (χ4n) is 3.52. The third-order valence-electron chi connectivity index (χ3n) is 4.72. The maximum absolute atomic E-state index is 11.8. The Morgan fingerprint density at radius 1 is 1.12 bits per heavy atom. The molecule has 1 fully saturated rings. The highest BCUT2D eigenvalue weighted by molar-refractivity contribution is 5.66. The van der Waals surface area contributed by atoms with E-state index in [1.54, 1.807) is 0 Å². The molecule has 2 aromatic carbocycles. The minimum Gasteiger partial charge on any atom is -0.465 e. The number of hydrogen-bond acceptors (Lipinski definition) is 3. The largest absolute Gasteiger partial charge is 0.465 e. The first-order chi connectivity index (χ1) is 11.6. The number of likely N-dealkylation sites (tertiary alicyclic amines) is 1. The molecule has 0 spiro atoms. The number of amides is 1. The molecule has 5 heteroatoms. The molecule has 0 saturated carbocycles. The van der Waals surface area contributed by atoms with E-state index >= 15 is 0 Å². The Morgan fingerprint density at radius 2 is 1.79 bits per heavy atom. The first-order valence-corrected chi connectivity index (χ1v) is 8.15. The first-order valence-electron chi connectivity index (χ1n) is 8.15. The van der Waals surface area contributed by atoms with Gasteiger partial charge in [-0.15, -0.1) is 0 Å². The topological polar surface area (TPSA) is 86.8 Å². The third kappa shape index (κ3) is 3.36. The van der Waals surface area contributed by atoms with Crippen LogP contribution in [0.4, 0.5) is 10.5 Å². The number of carbonyl (C=O) groups is 1. The molecule has 1 saturated heterocycles. The van der Waals surface area contributed by atoms with E-state index in [0.29, 0.717) is 18.5 Å². The van der Waals surface area contributed by atoms with E-state index in [0.717, 1.165) is 17.5 Å². The van der Waals surface area contributed by atoms with Crippen LogP contribution in [-0.4, -0.2) is 33.3 Å². The van der Waals surface area contributed by atoms with Gasteiger partial charge in [0, 0.05) is 11.7 Å². The maximum atomic E-state index is 11.8. The standard InChI is InChI=1S/C19H22N2O3/c20-15-8-6-13(7-9-15)12-16-10-11-17(21(16)19(23)24)18(22)14-4-2-1-3-5-14/h1-9,16-18,22H,10-12,20H2,(H,23,24)/t16-,17-,18-/m1/s1. The normalized spacial score (nSPS) is 21.6. The fraction of sp³-hybridized carbons (Fsp3) is 0.316. The summed E-state index contributed by atoms with van der Waals surface area (Å²) in [6.07, 6.45) is 0.240. The predicted molar refractivity (Wildman–Crippen MR) is 92.6 cm³/mol. The monoisotopic (exact) mass is 326 g/mol. The molecule has 0 aromatic heterocycles. The second-order valence-electron chi connectivity index (χ2n) is 6.29. The molecule has 0 radical (unpaired) electrons. The van der Waals surface area contributed by atoms with Crippen molar-refractivity contribution < 1.29 is 15.0 Å². The van der Waals surface area contributed by atoms with Crippen molar-refractivity contribution in [3.63, 3.8) is 0 Å². The van der Waals surface area contributed by atoms with Crippen LogP contribution in [0.25, 0.3) is 0 Å². The Bertz CT molecular complexity index is 688. The highest BCUT2D eigenvalue weighted by Gasteiger charge is 2.41. The molecule has 1 amide bonds. The van der Waals surface area contributed by atoms with Gasteiger partial charge in [0.15, 0.2) is 0 Å². The Labute approximate surface area is 141 Å². The molecule has 3 atom stereocenters. The van der Waals surface area contributed by atoms with Crippen LogP contribution in [0, 0.1) is 0 Å². The Hall–Kier alpha value is -2.53. The highest BCUT2D eigenvalue weighted by Crippen LogP contribution is 2.34. The molecule has 1 heterocycles. The van der Waals surface area contributed by atoms with Gasteiger partial charge in [0.25, 0.3) is 0 Å². The van der Waals surface area contributed by atoms with Crippen molar-refractivity contribution in [3.05, 3.63) is 65.7 Å². The predicted octanol–water partition coefficient (Wildman–Crippen LogP) is 3.06. The Kier molecular flexibility index (Phi) is 4.71. The number of rotatable bonds is 4. The molecular formula is C19H22N2O3. The summed E-state index contributed by atoms with van der Waals surface area (Å²) in [7, 11) is 0. The molecule has 0 bridgehead atoms. The van der Waals surface area contributed by atoms with Crippen LogP contribution >= 0.6 is 0 Å². The van der Waals surface area contributed by atoms with Gasteiger partial charge in [0.2, 0.25) is 0 Å². The third-order valence-corrected chi connectivity index (χ3v) is 4.72. The molecule has 5 nitrogen and oxygen atoms in total. The van der Waals surface area contributed by atoms with Crippen molar-refractivity contribution in [2.75, 3.05) is 5.73 Å². The summed E-state index contributed by atoms with van der Waals surface area (Å²) in [5.41, 5.74) is 8.19. The van der Waals surface area contributed by atoms with Gasteiger partial charge in [0.1, 0.15) is 0 Å². The quantitative estimate of drug-likeness (QED) is 0.754. The summed E-state index contributed by atoms with van der Waals surface area (Å²) in [4.78, 5) is 13.2. The molecule has 0 unspecified atom stereocenters. The summed E-state index contributed by atoms with van der Waals surface area (Å²) in [5, 5.41) is 20.3. The second-order valence-corrected chi connectivity index (χ2v) is 6.29. The number of aliphatic hydroxyl groups excluding tert-OH is 1. The first kappa shape index (κ1) is 16.3. The molecule has 3 rings (SSSR count). The zero-order valence-electron chi connectivity index (χ0n) is 13.4. The summed E-state index contributed by atoms with van der Waals surface area (Å²) in [5.74, 6) is 0. The lowest BCUT2D eigenvalue weighted by Crippen LogP contribution is -2.44. The van der Waals surface area contributed by atoms with Gasteiger partial charge >= 0.3 is 6.09 Å². The van der Waals surface area contributed by atoms with Gasteiger partial charge in [-0.05, 0) is 42.5 Å². The van der Waals surface area contributed by atoms with Crippen molar-refractivity contribution >= 4 is 11.8 Å². The van der Waals surface area contributed by atoms with Crippen molar-refractivity contribution in [3.8, 4) is 0 Å². The van der Waals surface area contributed by atoms with Crippen LogP contribution in [0.15, 0.2) is 54.6 Å². The van der Waals surface area contributed by atoms with E-state index < -0.39 is 18.2 Å². The average Bonchev–Trinajstić information content (AvgIpc) is 3.01. The Balaban J connectivity index is 1.78. The number of nitrogens with zero attached hydrogens (tertiary/aromatic N) is 1. The molecule has 2 aromatic rings. The van der Waals surface area contributed by atoms with E-state index in [4.69, 9.17) is 5.73 Å². The van der Waals surface area contributed by atoms with E-state index in [9.17, 15) is 15.0 Å². The van der Waals surface area contributed by atoms with Crippen LogP contribution in [-0.2, 0) is 6.42 Å². The number of benzene rings is 2. The number of nitrogens with two attached hydrogens (primary N) is 1. The summed E-state index contributed by atoms with van der Waals surface area (Å²) in [6.45, 7) is 0. The fourth-order valence-corrected chi connectivity index (χ4v) is 3.52. The van der Waals surface area contributed by atoms with Crippen molar-refractivity contribution in [2.45, 2.75) is 37.5 Å². The van der Waals surface area contributed by atoms with Gasteiger partial charge in [0.05, 0.1) is 12.1 Å². The number of hydrogen-bond donors (Lipinski definition) is 3. The number of nitrogen functional groups attached to an aromatic ring is 1. The highest BCUT2D eigenvalue weighted by atomic mass is 16.4. The molecule has 1 aliphatic rings. The lowest BCUT2D eigenvalue weighted by molar-refractivity contribution is 0.0540. The van der Waals surface area contributed by atoms with Crippen LogP contribution in [0.2, 0.25) is 0 Å². The summed E-state index contributed by atoms with van der Waals surface area (Å²) < 4.78 is 0. The summed E-state index contributed by atoms with van der Waals surface area (Å²) >= 11 is 0. The molecule has 126 valence electrons. The van der Waals surface area contributed by atoms with Crippen LogP contribution in [0.5, 0.6) is 0 Å². The van der Waals surface area contributed by atoms with Crippen LogP contribution in [0.1, 0.15) is 30.1 Å². The van der Waals surface area contributed by atoms with Gasteiger partial charge < -0.3 is 15.9 Å². The van der Waals surface area contributed by atoms with E-state index in [1.165, 1.54) is 4.90 Å². The van der Waals surface area contributed by atoms with Crippen LogP contribution < -0.4 is 5.73 Å². The van der Waals surface area contributed by atoms with Gasteiger partial charge in [-0.3, -0.25) is 4.90 Å². The number of carboxylic acid groups (broad SMARTS) is 1. The van der Waals surface area contributed by atoms with Crippen molar-refractivity contribution in [1.29, 1.82) is 0 Å². The van der Waals surface area contributed by atoms with Crippen LogP contribution in [0.3, 0.4) is 0 Å². The SMILES string of the molecule is Nc1ccc(C[C@H]2CC[C@H]([C@H](O)c3ccccc3)N2C(=O)O)cc1. The van der Waals surface area contributed by atoms with Crippen molar-refractivity contribution in [2.24, 2.45) is 0 Å². The lowest BCUT2D eigenvalue weighted by atomic mass is 10.0. The minimum atomic E-state index is -0.979. The molecule has 24 heavy (non-hydrogen) atoms. The molecule has 4 N–H and O–H groups in total. The molecule has 0 aliphatic carbocycles. The molecular weight excluding hydrogens is 304 g/mol. The zero-order valence-corrected chi connectivity index (χ0v) is 13.4. The van der Waals surface area contributed by atoms with E-state index in [2.05, 4.69) is 0 Å². The summed E-state index contributed by atoms with van der Waals surface area (Å²) in [6, 6.07) is 16.2. The van der Waals surface area contributed by atoms with E-state index in [1.807, 2.05) is 54.6 Å². The van der Waals surface area contributed by atoms with Gasteiger partial charge in [-0.2, -0.15) is 0 Å². The lowest BCUT2D eigenvalue weighted by Gasteiger charge is -2.31. The number of aliphatic hydroxyl groups is 1. The zero-order chi connectivity index (χ0) is 17.1. The number of anilines is 1. The minimum absolute atomic E-state index is 0.130. The smallest absolute Gasteiger partial charge is 0.407 e. The van der Waals surface area contributed by atoms with Gasteiger partial charge in [-0.25, -0.2) is 4.79 Å². The second kappa shape index (κ2) is 6.93.